The Kier molecular flexibility index (Phi) is 16.7. The van der Waals surface area contributed by atoms with Gasteiger partial charge in [0.25, 0.3) is 0 Å². The first-order valence-electron chi connectivity index (χ1n) is 10.9. The molecular weight excluding hydrogens is 462 g/mol. The number of hydrogen-bond donors (Lipinski definition) is 0. The van der Waals surface area contributed by atoms with E-state index in [0.717, 1.165) is 11.8 Å². The molecule has 0 amide bonds. The van der Waals surface area contributed by atoms with Crippen molar-refractivity contribution in [1.82, 2.24) is 0 Å². The fourth-order valence-electron chi connectivity index (χ4n) is 4.08. The maximum absolute atomic E-state index is 2.44. The number of halogens is 2. The molecule has 1 saturated carbocycles. The van der Waals surface area contributed by atoms with Crippen LogP contribution in [0.15, 0.2) is 60.7 Å². The zero-order valence-electron chi connectivity index (χ0n) is 18.4. The minimum atomic E-state index is 0. The largest absolute Gasteiger partial charge is 4.00 e. The Bertz CT molecular complexity index is 693. The number of fused-ring (bicyclic) bond motifs is 2. The summed E-state index contributed by atoms with van der Waals surface area (Å²) in [5, 5.41) is 4.48. The monoisotopic (exact) mass is 496 g/mol. The Morgan fingerprint density at radius 3 is 2.27 bits per heavy atom. The molecule has 0 aliphatic heterocycles. The van der Waals surface area contributed by atoms with Crippen LogP contribution in [0.2, 0.25) is 0 Å². The third-order valence-corrected chi connectivity index (χ3v) is 8.47. The van der Waals surface area contributed by atoms with Gasteiger partial charge in [-0.2, -0.15) is 12.5 Å². The van der Waals surface area contributed by atoms with Crippen LogP contribution in [0, 0.1) is 18.3 Å². The molecule has 0 nitrogen and oxygen atoms in total. The van der Waals surface area contributed by atoms with E-state index in [2.05, 4.69) is 81.0 Å². The Labute approximate surface area is 213 Å². The van der Waals surface area contributed by atoms with Crippen molar-refractivity contribution in [1.29, 1.82) is 0 Å². The molecule has 0 spiro atoms. The van der Waals surface area contributed by atoms with Crippen molar-refractivity contribution < 1.29 is 46.5 Å². The molecule has 2 aliphatic rings. The number of benzene rings is 1. The molecular formula is C26H35Cl2PTi. The first-order chi connectivity index (χ1) is 13.3. The molecule has 162 valence electrons. The molecule has 30 heavy (non-hydrogen) atoms. The molecule has 4 heteroatoms. The third kappa shape index (κ3) is 8.88. The summed E-state index contributed by atoms with van der Waals surface area (Å²) >= 11 is 0. The van der Waals surface area contributed by atoms with E-state index in [4.69, 9.17) is 0 Å². The van der Waals surface area contributed by atoms with Crippen LogP contribution in [0.1, 0.15) is 52.4 Å². The van der Waals surface area contributed by atoms with E-state index in [9.17, 15) is 0 Å². The van der Waals surface area contributed by atoms with Gasteiger partial charge >= 0.3 is 21.7 Å². The Hall–Kier alpha value is 0.0343. The second kappa shape index (κ2) is 16.6. The molecule has 0 bridgehead atoms. The van der Waals surface area contributed by atoms with E-state index in [-0.39, 0.29) is 54.5 Å². The van der Waals surface area contributed by atoms with Gasteiger partial charge in [0.15, 0.2) is 0 Å². The molecule has 0 saturated heterocycles. The van der Waals surface area contributed by atoms with E-state index in [0.29, 0.717) is 0 Å². The van der Waals surface area contributed by atoms with Crippen molar-refractivity contribution in [3.8, 4) is 0 Å². The van der Waals surface area contributed by atoms with Crippen LogP contribution in [-0.4, -0.2) is 12.3 Å². The zero-order valence-corrected chi connectivity index (χ0v) is 22.3. The van der Waals surface area contributed by atoms with Crippen LogP contribution < -0.4 is 30.1 Å². The third-order valence-electron chi connectivity index (χ3n) is 5.77. The predicted molar refractivity (Wildman–Crippen MR) is 124 cm³/mol. The van der Waals surface area contributed by atoms with Crippen molar-refractivity contribution in [2.45, 2.75) is 52.4 Å². The van der Waals surface area contributed by atoms with Gasteiger partial charge in [0.05, 0.1) is 0 Å². The first kappa shape index (κ1) is 30.0. The molecule has 1 fully saturated rings. The van der Waals surface area contributed by atoms with Crippen LogP contribution >= 0.6 is 7.92 Å². The van der Waals surface area contributed by atoms with Crippen molar-refractivity contribution in [3.63, 3.8) is 0 Å². The van der Waals surface area contributed by atoms with Crippen molar-refractivity contribution in [3.05, 3.63) is 67.1 Å². The van der Waals surface area contributed by atoms with Crippen LogP contribution in [-0.2, 0) is 21.7 Å². The average Bonchev–Trinajstić information content (AvgIpc) is 3.35. The van der Waals surface area contributed by atoms with Gasteiger partial charge in [0.1, 0.15) is 0 Å². The summed E-state index contributed by atoms with van der Waals surface area (Å²) < 4.78 is 0. The van der Waals surface area contributed by atoms with Gasteiger partial charge in [-0.1, -0.05) is 65.3 Å². The fourth-order valence-corrected chi connectivity index (χ4v) is 6.86. The summed E-state index contributed by atoms with van der Waals surface area (Å²) in [6.45, 7) is 4.60. The molecule has 0 heterocycles. The molecule has 2 unspecified atom stereocenters. The quantitative estimate of drug-likeness (QED) is 0.310. The van der Waals surface area contributed by atoms with Gasteiger partial charge in [-0.15, -0.1) is 52.3 Å². The minimum Gasteiger partial charge on any atom is -1.00 e. The van der Waals surface area contributed by atoms with E-state index >= 15 is 0 Å². The molecule has 2 aliphatic carbocycles. The van der Waals surface area contributed by atoms with Crippen molar-refractivity contribution in [2.75, 3.05) is 12.3 Å². The van der Waals surface area contributed by atoms with Gasteiger partial charge in [-0.25, -0.2) is 0 Å². The summed E-state index contributed by atoms with van der Waals surface area (Å²) in [6.07, 6.45) is 22.3. The molecule has 2 atom stereocenters. The van der Waals surface area contributed by atoms with Crippen LogP contribution in [0.3, 0.4) is 0 Å². The summed E-state index contributed by atoms with van der Waals surface area (Å²) in [7, 11) is 0.0856. The summed E-state index contributed by atoms with van der Waals surface area (Å²) in [5.41, 5.74) is 0. The Balaban J connectivity index is 0.000000597. The van der Waals surface area contributed by atoms with Crippen molar-refractivity contribution in [2.24, 2.45) is 11.8 Å². The Morgan fingerprint density at radius 2 is 1.63 bits per heavy atom. The molecule has 0 aromatic heterocycles. The summed E-state index contributed by atoms with van der Waals surface area (Å²) in [5.74, 6) is 1.62. The number of unbranched alkanes of at least 4 members (excludes halogenated alkanes) is 2. The smallest absolute Gasteiger partial charge is 1.00 e. The molecule has 4 rings (SSSR count). The first-order valence-corrected chi connectivity index (χ1v) is 12.6. The van der Waals surface area contributed by atoms with Crippen LogP contribution in [0.4, 0.5) is 0 Å². The standard InChI is InChI=1S/C17H24P.C9H11.2ClH.Ti/c1-3-5-11-18(12-6-4-2)17-13-15-9-7-8-10-16(15)14-17;1-2-5-9-7-3-6-8(9)4-1;;;/h7-10,13-14H,3-6,11-12H2,1-2H3;1-2,4-6,8-9H,3,7H2;2*1H;/q2*-1;;;+4/p-2. The van der Waals surface area contributed by atoms with E-state index in [1.54, 1.807) is 5.30 Å². The number of rotatable bonds is 7. The molecule has 2 aromatic carbocycles. The maximum atomic E-state index is 2.44. The molecule has 0 N–H and O–H groups in total. The van der Waals surface area contributed by atoms with Gasteiger partial charge in [-0.3, -0.25) is 0 Å². The van der Waals surface area contributed by atoms with Crippen LogP contribution in [0.5, 0.6) is 0 Å². The Morgan fingerprint density at radius 1 is 0.967 bits per heavy atom. The normalized spacial score (nSPS) is 18.6. The summed E-state index contributed by atoms with van der Waals surface area (Å²) in [6, 6.07) is 13.6. The van der Waals surface area contributed by atoms with Gasteiger partial charge in [-0.05, 0) is 31.1 Å². The van der Waals surface area contributed by atoms with E-state index in [1.807, 2.05) is 0 Å². The number of allylic oxidation sites excluding steroid dienone is 4. The zero-order chi connectivity index (χ0) is 18.9. The van der Waals surface area contributed by atoms with Crippen molar-refractivity contribution >= 4 is 24.0 Å². The molecule has 2 aromatic rings. The number of hydrogen-bond acceptors (Lipinski definition) is 0. The predicted octanol–water partition coefficient (Wildman–Crippen LogP) is 1.61. The summed E-state index contributed by atoms with van der Waals surface area (Å²) in [4.78, 5) is 0. The SMILES string of the molecule is C1=CC2[CH-]CCC2C=C1.CCCCP(CCCC)c1cc2ccccc2[cH-]1.[Cl-].[Cl-].[Ti+4]. The fraction of sp³-hybridized carbons (Fsp3) is 0.462. The van der Waals surface area contributed by atoms with Gasteiger partial charge in [0, 0.05) is 0 Å². The topological polar surface area (TPSA) is 0 Å². The molecule has 0 radical (unpaired) electrons. The van der Waals surface area contributed by atoms with Gasteiger partial charge < -0.3 is 31.2 Å². The average molecular weight is 497 g/mol. The van der Waals surface area contributed by atoms with Crippen LogP contribution in [0.25, 0.3) is 10.8 Å². The van der Waals surface area contributed by atoms with E-state index < -0.39 is 0 Å². The second-order valence-corrected chi connectivity index (χ2v) is 10.4. The second-order valence-electron chi connectivity index (χ2n) is 7.86. The minimum absolute atomic E-state index is 0. The maximum Gasteiger partial charge on any atom is 4.00 e. The van der Waals surface area contributed by atoms with E-state index in [1.165, 1.54) is 61.6 Å². The van der Waals surface area contributed by atoms with Gasteiger partial charge in [0.2, 0.25) is 0 Å².